The van der Waals surface area contributed by atoms with Gasteiger partial charge in [0.1, 0.15) is 5.56 Å². The Morgan fingerprint density at radius 2 is 1.73 bits per heavy atom. The summed E-state index contributed by atoms with van der Waals surface area (Å²) in [7, 11) is 0. The van der Waals surface area contributed by atoms with Crippen molar-refractivity contribution in [3.8, 4) is 17.0 Å². The number of nitrogens with one attached hydrogen (secondary N) is 2. The topological polar surface area (TPSA) is 78.0 Å². The van der Waals surface area contributed by atoms with Crippen molar-refractivity contribution in [1.82, 2.24) is 9.97 Å². The van der Waals surface area contributed by atoms with Gasteiger partial charge in [-0.15, -0.1) is 0 Å². The Morgan fingerprint density at radius 3 is 2.41 bits per heavy atom. The zero-order valence-corrected chi connectivity index (χ0v) is 12.1. The van der Waals surface area contributed by atoms with E-state index < -0.39 is 5.56 Å². The predicted molar refractivity (Wildman–Crippen MR) is 86.7 cm³/mol. The summed E-state index contributed by atoms with van der Waals surface area (Å²) in [5, 5.41) is 13.4. The smallest absolute Gasteiger partial charge is 0.264 e. The first-order valence-electron chi connectivity index (χ1n) is 6.55. The van der Waals surface area contributed by atoms with Gasteiger partial charge in [-0.25, -0.2) is 0 Å². The molecule has 22 heavy (non-hydrogen) atoms. The highest BCUT2D eigenvalue weighted by molar-refractivity contribution is 6.33. The minimum Gasteiger partial charge on any atom is -0.493 e. The van der Waals surface area contributed by atoms with Crippen molar-refractivity contribution in [3.63, 3.8) is 0 Å². The van der Waals surface area contributed by atoms with Crippen LogP contribution in [0.4, 0.5) is 11.6 Å². The number of nitrogens with zero attached hydrogens (tertiary/aromatic N) is 1. The highest BCUT2D eigenvalue weighted by Gasteiger charge is 2.15. The second-order valence-electron chi connectivity index (χ2n) is 4.58. The molecule has 5 nitrogen and oxygen atoms in total. The van der Waals surface area contributed by atoms with Gasteiger partial charge < -0.3 is 10.4 Å². The standard InChI is InChI=1S/C16H12ClN3O2/c17-12-9-5-4-8-11(12)13-14(21)19-16(20-15(13)22)18-10-6-2-1-3-7-10/h1-9H,(H3,18,19,20,21,22). The van der Waals surface area contributed by atoms with Crippen molar-refractivity contribution in [2.45, 2.75) is 0 Å². The number of hydrogen-bond donors (Lipinski definition) is 3. The molecule has 0 aliphatic rings. The van der Waals surface area contributed by atoms with E-state index in [4.69, 9.17) is 11.6 Å². The summed E-state index contributed by atoms with van der Waals surface area (Å²) >= 11 is 6.06. The SMILES string of the molecule is O=c1[nH]c(Nc2ccccc2)nc(O)c1-c1ccccc1Cl. The maximum atomic E-state index is 12.2. The first-order chi connectivity index (χ1) is 10.6. The summed E-state index contributed by atoms with van der Waals surface area (Å²) in [4.78, 5) is 18.8. The molecule has 0 saturated heterocycles. The number of aromatic hydroxyl groups is 1. The molecule has 0 bridgehead atoms. The third-order valence-corrected chi connectivity index (χ3v) is 3.41. The molecule has 3 N–H and O–H groups in total. The van der Waals surface area contributed by atoms with E-state index in [1.165, 1.54) is 0 Å². The second-order valence-corrected chi connectivity index (χ2v) is 4.99. The van der Waals surface area contributed by atoms with Crippen molar-refractivity contribution >= 4 is 23.2 Å². The van der Waals surface area contributed by atoms with Gasteiger partial charge in [0.2, 0.25) is 11.8 Å². The van der Waals surface area contributed by atoms with Crippen LogP contribution in [-0.2, 0) is 0 Å². The average Bonchev–Trinajstić information content (AvgIpc) is 2.49. The van der Waals surface area contributed by atoms with Crippen LogP contribution in [0.3, 0.4) is 0 Å². The lowest BCUT2D eigenvalue weighted by Gasteiger charge is -2.09. The quantitative estimate of drug-likeness (QED) is 0.691. The maximum Gasteiger partial charge on any atom is 0.264 e. The molecule has 0 saturated carbocycles. The molecule has 0 amide bonds. The van der Waals surface area contributed by atoms with Crippen LogP contribution in [0.5, 0.6) is 5.88 Å². The van der Waals surface area contributed by atoms with Crippen molar-refractivity contribution < 1.29 is 5.11 Å². The molecule has 3 rings (SSSR count). The van der Waals surface area contributed by atoms with E-state index in [0.717, 1.165) is 5.69 Å². The van der Waals surface area contributed by atoms with E-state index in [-0.39, 0.29) is 17.4 Å². The van der Waals surface area contributed by atoms with E-state index in [1.54, 1.807) is 24.3 Å². The van der Waals surface area contributed by atoms with Crippen LogP contribution >= 0.6 is 11.6 Å². The Bertz CT molecular complexity index is 863. The lowest BCUT2D eigenvalue weighted by Crippen LogP contribution is -2.13. The minimum atomic E-state index is -0.473. The maximum absolute atomic E-state index is 12.2. The molecule has 0 aliphatic carbocycles. The fourth-order valence-corrected chi connectivity index (χ4v) is 2.32. The third-order valence-electron chi connectivity index (χ3n) is 3.08. The highest BCUT2D eigenvalue weighted by Crippen LogP contribution is 2.30. The van der Waals surface area contributed by atoms with Gasteiger partial charge in [0, 0.05) is 16.3 Å². The first kappa shape index (κ1) is 14.2. The molecule has 6 heteroatoms. The lowest BCUT2D eigenvalue weighted by molar-refractivity contribution is 0.454. The van der Waals surface area contributed by atoms with Crippen LogP contribution in [0, 0.1) is 0 Å². The molecule has 0 aliphatic heterocycles. The Hall–Kier alpha value is -2.79. The van der Waals surface area contributed by atoms with Gasteiger partial charge in [-0.2, -0.15) is 4.98 Å². The number of halogens is 1. The number of rotatable bonds is 3. The molecule has 1 aromatic heterocycles. The van der Waals surface area contributed by atoms with Crippen LogP contribution in [0.2, 0.25) is 5.02 Å². The predicted octanol–water partition coefficient (Wildman–Crippen LogP) is 3.54. The van der Waals surface area contributed by atoms with Crippen molar-refractivity contribution in [2.24, 2.45) is 0 Å². The lowest BCUT2D eigenvalue weighted by atomic mass is 10.1. The number of anilines is 2. The van der Waals surface area contributed by atoms with Crippen molar-refractivity contribution in [2.75, 3.05) is 5.32 Å². The normalized spacial score (nSPS) is 10.4. The van der Waals surface area contributed by atoms with Gasteiger partial charge in [0.05, 0.1) is 0 Å². The first-order valence-corrected chi connectivity index (χ1v) is 6.93. The van der Waals surface area contributed by atoms with Gasteiger partial charge in [-0.05, 0) is 18.2 Å². The van der Waals surface area contributed by atoms with Gasteiger partial charge in [0.25, 0.3) is 5.56 Å². The van der Waals surface area contributed by atoms with Gasteiger partial charge >= 0.3 is 0 Å². The molecule has 0 fully saturated rings. The Morgan fingerprint density at radius 1 is 1.05 bits per heavy atom. The highest BCUT2D eigenvalue weighted by atomic mass is 35.5. The summed E-state index contributed by atoms with van der Waals surface area (Å²) in [6.45, 7) is 0. The second kappa shape index (κ2) is 5.91. The van der Waals surface area contributed by atoms with Crippen LogP contribution in [0.25, 0.3) is 11.1 Å². The zero-order chi connectivity index (χ0) is 15.5. The molecule has 3 aromatic rings. The minimum absolute atomic E-state index is 0.0456. The van der Waals surface area contributed by atoms with E-state index >= 15 is 0 Å². The van der Waals surface area contributed by atoms with Crippen LogP contribution in [0.15, 0.2) is 59.4 Å². The van der Waals surface area contributed by atoms with Crippen LogP contribution in [-0.4, -0.2) is 15.1 Å². The molecule has 0 radical (unpaired) electrons. The monoisotopic (exact) mass is 313 g/mol. The number of aromatic amines is 1. The summed E-state index contributed by atoms with van der Waals surface area (Å²) in [5.41, 5.74) is 0.750. The number of benzene rings is 2. The van der Waals surface area contributed by atoms with Crippen molar-refractivity contribution in [1.29, 1.82) is 0 Å². The van der Waals surface area contributed by atoms with Gasteiger partial charge in [0.15, 0.2) is 0 Å². The van der Waals surface area contributed by atoms with Crippen molar-refractivity contribution in [3.05, 3.63) is 70.0 Å². The molecule has 0 spiro atoms. The number of hydrogen-bond acceptors (Lipinski definition) is 4. The fraction of sp³-hybridized carbons (Fsp3) is 0. The largest absolute Gasteiger partial charge is 0.493 e. The number of H-pyrrole nitrogens is 1. The van der Waals surface area contributed by atoms with E-state index in [1.807, 2.05) is 30.3 Å². The summed E-state index contributed by atoms with van der Waals surface area (Å²) < 4.78 is 0. The molecule has 1 heterocycles. The molecule has 2 aromatic carbocycles. The van der Waals surface area contributed by atoms with Crippen LogP contribution < -0.4 is 10.9 Å². The van der Waals surface area contributed by atoms with E-state index in [0.29, 0.717) is 10.6 Å². The number of aromatic nitrogens is 2. The molecule has 0 unspecified atom stereocenters. The molecular formula is C16H12ClN3O2. The fourth-order valence-electron chi connectivity index (χ4n) is 2.09. The summed E-state index contributed by atoms with van der Waals surface area (Å²) in [6, 6.07) is 16.0. The Kier molecular flexibility index (Phi) is 3.80. The zero-order valence-electron chi connectivity index (χ0n) is 11.4. The van der Waals surface area contributed by atoms with Crippen LogP contribution in [0.1, 0.15) is 0 Å². The average molecular weight is 314 g/mol. The molecule has 0 atom stereocenters. The van der Waals surface area contributed by atoms with Gasteiger partial charge in [-0.3, -0.25) is 9.78 Å². The Balaban J connectivity index is 2.03. The van der Waals surface area contributed by atoms with Gasteiger partial charge in [-0.1, -0.05) is 48.0 Å². The Labute approximate surface area is 131 Å². The third kappa shape index (κ3) is 2.80. The molecular weight excluding hydrogens is 302 g/mol. The van der Waals surface area contributed by atoms with E-state index in [9.17, 15) is 9.90 Å². The summed E-state index contributed by atoms with van der Waals surface area (Å²) in [5.74, 6) is -0.222. The molecule has 110 valence electrons. The number of para-hydroxylation sites is 1. The summed E-state index contributed by atoms with van der Waals surface area (Å²) in [6.07, 6.45) is 0. The van der Waals surface area contributed by atoms with E-state index in [2.05, 4.69) is 15.3 Å².